The molecule has 2 aromatic carbocycles. The summed E-state index contributed by atoms with van der Waals surface area (Å²) < 4.78 is 10.3. The molecule has 136 valence electrons. The van der Waals surface area contributed by atoms with Crippen molar-refractivity contribution in [3.05, 3.63) is 72.3 Å². The third kappa shape index (κ3) is 6.20. The van der Waals surface area contributed by atoms with Crippen LogP contribution in [0.4, 0.5) is 0 Å². The Morgan fingerprint density at radius 3 is 2.12 bits per heavy atom. The Morgan fingerprint density at radius 2 is 1.50 bits per heavy atom. The molecule has 4 nitrogen and oxygen atoms in total. The fourth-order valence-corrected chi connectivity index (χ4v) is 2.46. The number of unbranched alkanes of at least 4 members (excludes halogenated alkanes) is 3. The molecule has 2 rings (SSSR count). The SMILES string of the molecule is C=CC(=O)Oc1ccc(C(=O)Oc2ccc(CCCCCC)cc2)cc1. The van der Waals surface area contributed by atoms with Gasteiger partial charge in [0.25, 0.3) is 0 Å². The summed E-state index contributed by atoms with van der Waals surface area (Å²) in [5.74, 6) is -0.147. The summed E-state index contributed by atoms with van der Waals surface area (Å²) in [5, 5.41) is 0. The second-order valence-corrected chi connectivity index (χ2v) is 5.99. The molecule has 0 fully saturated rings. The molecule has 26 heavy (non-hydrogen) atoms. The van der Waals surface area contributed by atoms with E-state index in [0.717, 1.165) is 12.5 Å². The summed E-state index contributed by atoms with van der Waals surface area (Å²) in [4.78, 5) is 23.3. The number of carbonyl (C=O) groups is 2. The van der Waals surface area contributed by atoms with Gasteiger partial charge in [0.15, 0.2) is 0 Å². The van der Waals surface area contributed by atoms with Gasteiger partial charge in [-0.2, -0.15) is 0 Å². The van der Waals surface area contributed by atoms with Crippen molar-refractivity contribution in [1.29, 1.82) is 0 Å². The molecule has 0 atom stereocenters. The predicted molar refractivity (Wildman–Crippen MR) is 102 cm³/mol. The van der Waals surface area contributed by atoms with Crippen molar-refractivity contribution in [2.75, 3.05) is 0 Å². The molecule has 0 bridgehead atoms. The number of rotatable bonds is 9. The lowest BCUT2D eigenvalue weighted by Gasteiger charge is -2.07. The van der Waals surface area contributed by atoms with Gasteiger partial charge in [0, 0.05) is 6.08 Å². The number of hydrogen-bond acceptors (Lipinski definition) is 4. The molecule has 0 N–H and O–H groups in total. The van der Waals surface area contributed by atoms with Gasteiger partial charge >= 0.3 is 11.9 Å². The Labute approximate surface area is 154 Å². The maximum atomic E-state index is 12.2. The van der Waals surface area contributed by atoms with E-state index >= 15 is 0 Å². The van der Waals surface area contributed by atoms with Crippen molar-refractivity contribution in [1.82, 2.24) is 0 Å². The second-order valence-electron chi connectivity index (χ2n) is 5.99. The summed E-state index contributed by atoms with van der Waals surface area (Å²) in [5.41, 5.74) is 1.63. The van der Waals surface area contributed by atoms with E-state index in [4.69, 9.17) is 9.47 Å². The van der Waals surface area contributed by atoms with Gasteiger partial charge < -0.3 is 9.47 Å². The fourth-order valence-electron chi connectivity index (χ4n) is 2.46. The van der Waals surface area contributed by atoms with Crippen LogP contribution in [0.2, 0.25) is 0 Å². The predicted octanol–water partition coefficient (Wildman–Crippen LogP) is 5.12. The molecule has 0 aromatic heterocycles. The highest BCUT2D eigenvalue weighted by Crippen LogP contribution is 2.18. The Balaban J connectivity index is 1.88. The van der Waals surface area contributed by atoms with Gasteiger partial charge in [0.05, 0.1) is 5.56 Å². The summed E-state index contributed by atoms with van der Waals surface area (Å²) >= 11 is 0. The van der Waals surface area contributed by atoms with Gasteiger partial charge in [-0.3, -0.25) is 0 Å². The molecular formula is C22H24O4. The van der Waals surface area contributed by atoms with Crippen LogP contribution >= 0.6 is 0 Å². The Hall–Kier alpha value is -2.88. The minimum Gasteiger partial charge on any atom is -0.423 e. The van der Waals surface area contributed by atoms with Gasteiger partial charge in [0.2, 0.25) is 0 Å². The summed E-state index contributed by atoms with van der Waals surface area (Å²) in [7, 11) is 0. The Bertz CT molecular complexity index is 730. The molecule has 0 saturated carbocycles. The maximum absolute atomic E-state index is 12.2. The highest BCUT2D eigenvalue weighted by molar-refractivity contribution is 5.91. The lowest BCUT2D eigenvalue weighted by molar-refractivity contribution is -0.128. The smallest absolute Gasteiger partial charge is 0.343 e. The number of benzene rings is 2. The van der Waals surface area contributed by atoms with Crippen LogP contribution in [0.5, 0.6) is 11.5 Å². The first kappa shape index (κ1) is 19.4. The van der Waals surface area contributed by atoms with Crippen molar-refractivity contribution in [3.63, 3.8) is 0 Å². The monoisotopic (exact) mass is 352 g/mol. The summed E-state index contributed by atoms with van der Waals surface area (Å²) in [6, 6.07) is 13.8. The lowest BCUT2D eigenvalue weighted by atomic mass is 10.1. The average molecular weight is 352 g/mol. The quantitative estimate of drug-likeness (QED) is 0.272. The minimum absolute atomic E-state index is 0.346. The molecule has 0 spiro atoms. The molecule has 0 heterocycles. The van der Waals surface area contributed by atoms with Gasteiger partial charge in [-0.05, 0) is 54.8 Å². The highest BCUT2D eigenvalue weighted by Gasteiger charge is 2.09. The summed E-state index contributed by atoms with van der Waals surface area (Å²) in [6.45, 7) is 5.53. The van der Waals surface area contributed by atoms with Crippen LogP contribution in [0, 0.1) is 0 Å². The Morgan fingerprint density at radius 1 is 0.885 bits per heavy atom. The number of hydrogen-bond donors (Lipinski definition) is 0. The van der Waals surface area contributed by atoms with Crippen LogP contribution in [0.1, 0.15) is 48.5 Å². The lowest BCUT2D eigenvalue weighted by Crippen LogP contribution is -2.09. The van der Waals surface area contributed by atoms with E-state index in [9.17, 15) is 9.59 Å². The average Bonchev–Trinajstić information content (AvgIpc) is 2.67. The van der Waals surface area contributed by atoms with Gasteiger partial charge in [-0.25, -0.2) is 9.59 Å². The zero-order valence-electron chi connectivity index (χ0n) is 15.1. The van der Waals surface area contributed by atoms with Crippen LogP contribution in [0.15, 0.2) is 61.2 Å². The minimum atomic E-state index is -0.546. The molecule has 0 aliphatic heterocycles. The van der Waals surface area contributed by atoms with Crippen molar-refractivity contribution in [2.45, 2.75) is 39.0 Å². The molecule has 2 aromatic rings. The van der Waals surface area contributed by atoms with Crippen LogP contribution in [0.3, 0.4) is 0 Å². The van der Waals surface area contributed by atoms with Crippen molar-refractivity contribution in [3.8, 4) is 11.5 Å². The third-order valence-electron chi connectivity index (χ3n) is 3.93. The van der Waals surface area contributed by atoms with E-state index in [0.29, 0.717) is 17.1 Å². The molecule has 0 saturated heterocycles. The van der Waals surface area contributed by atoms with E-state index in [1.54, 1.807) is 12.1 Å². The number of carbonyl (C=O) groups excluding carboxylic acids is 2. The van der Waals surface area contributed by atoms with Crippen LogP contribution in [0.25, 0.3) is 0 Å². The molecule has 0 unspecified atom stereocenters. The van der Waals surface area contributed by atoms with Crippen molar-refractivity contribution < 1.29 is 19.1 Å². The number of aryl methyl sites for hydroxylation is 1. The van der Waals surface area contributed by atoms with E-state index < -0.39 is 11.9 Å². The number of ether oxygens (including phenoxy) is 2. The maximum Gasteiger partial charge on any atom is 0.343 e. The van der Waals surface area contributed by atoms with E-state index in [2.05, 4.69) is 13.5 Å². The molecular weight excluding hydrogens is 328 g/mol. The van der Waals surface area contributed by atoms with Gasteiger partial charge in [0.1, 0.15) is 11.5 Å². The standard InChI is InChI=1S/C22H24O4/c1-3-5-6-7-8-17-9-13-20(14-10-17)26-22(24)18-11-15-19(16-12-18)25-21(23)4-2/h4,9-16H,2-3,5-8H2,1H3. The third-order valence-corrected chi connectivity index (χ3v) is 3.93. The largest absolute Gasteiger partial charge is 0.423 e. The Kier molecular flexibility index (Phi) is 7.62. The van der Waals surface area contributed by atoms with Crippen LogP contribution in [-0.2, 0) is 11.2 Å². The molecule has 0 amide bonds. The first-order valence-corrected chi connectivity index (χ1v) is 8.88. The van der Waals surface area contributed by atoms with E-state index in [1.165, 1.54) is 43.4 Å². The highest BCUT2D eigenvalue weighted by atomic mass is 16.5. The van der Waals surface area contributed by atoms with Crippen molar-refractivity contribution >= 4 is 11.9 Å². The molecule has 4 heteroatoms. The summed E-state index contributed by atoms with van der Waals surface area (Å²) in [6.07, 6.45) is 7.03. The second kappa shape index (κ2) is 10.2. The van der Waals surface area contributed by atoms with Crippen molar-refractivity contribution in [2.24, 2.45) is 0 Å². The zero-order chi connectivity index (χ0) is 18.8. The van der Waals surface area contributed by atoms with Crippen LogP contribution < -0.4 is 9.47 Å². The van der Waals surface area contributed by atoms with Gasteiger partial charge in [-0.15, -0.1) is 0 Å². The molecule has 0 radical (unpaired) electrons. The topological polar surface area (TPSA) is 52.6 Å². The molecule has 0 aliphatic rings. The van der Waals surface area contributed by atoms with Gasteiger partial charge in [-0.1, -0.05) is 44.9 Å². The zero-order valence-corrected chi connectivity index (χ0v) is 15.1. The fraction of sp³-hybridized carbons (Fsp3) is 0.273. The first-order chi connectivity index (χ1) is 12.6. The normalized spacial score (nSPS) is 10.2. The molecule has 0 aliphatic carbocycles. The van der Waals surface area contributed by atoms with E-state index in [1.807, 2.05) is 24.3 Å². The first-order valence-electron chi connectivity index (χ1n) is 8.88. The van der Waals surface area contributed by atoms with Crippen LogP contribution in [-0.4, -0.2) is 11.9 Å². The van der Waals surface area contributed by atoms with E-state index in [-0.39, 0.29) is 0 Å². The number of esters is 2.